The molecule has 34 heavy (non-hydrogen) atoms. The molecule has 174 valence electrons. The highest BCUT2D eigenvalue weighted by molar-refractivity contribution is 6.42. The molecule has 2 saturated heterocycles. The van der Waals surface area contributed by atoms with E-state index in [2.05, 4.69) is 32.9 Å². The zero-order valence-electron chi connectivity index (χ0n) is 19.0. The number of hydrogen-bond donors (Lipinski definition) is 0. The third kappa shape index (κ3) is 3.78. The number of para-hydroxylation sites is 1. The number of fused-ring (bicyclic) bond motifs is 1. The number of rotatable bonds is 3. The van der Waals surface area contributed by atoms with Gasteiger partial charge >= 0.3 is 0 Å². The monoisotopic (exact) mass is 494 g/mol. The maximum absolute atomic E-state index is 13.7. The Morgan fingerprint density at radius 3 is 2.09 bits per heavy atom. The molecule has 2 aliphatic rings. The van der Waals surface area contributed by atoms with Gasteiger partial charge in [-0.05, 0) is 46.9 Å². The fourth-order valence-electron chi connectivity index (χ4n) is 4.61. The number of benzene rings is 3. The summed E-state index contributed by atoms with van der Waals surface area (Å²) in [4.78, 5) is 34.5. The van der Waals surface area contributed by atoms with Gasteiger partial charge in [-0.15, -0.1) is 0 Å². The molecule has 0 spiro atoms. The predicted molar refractivity (Wildman–Crippen MR) is 134 cm³/mol. The fourth-order valence-corrected chi connectivity index (χ4v) is 4.90. The van der Waals surface area contributed by atoms with Gasteiger partial charge in [0, 0.05) is 0 Å². The Bertz CT molecular complexity index is 1260. The van der Waals surface area contributed by atoms with Crippen LogP contribution in [0.15, 0.2) is 72.8 Å². The first-order valence-electron chi connectivity index (χ1n) is 11.1. The van der Waals surface area contributed by atoms with Crippen LogP contribution < -0.4 is 9.96 Å². The minimum Gasteiger partial charge on any atom is -0.273 e. The predicted octanol–water partition coefficient (Wildman–Crippen LogP) is 6.34. The highest BCUT2D eigenvalue weighted by atomic mass is 35.5. The number of hydrogen-bond acceptors (Lipinski definition) is 4. The van der Waals surface area contributed by atoms with Crippen LogP contribution in [0.3, 0.4) is 0 Å². The largest absolute Gasteiger partial charge is 0.273 e. The zero-order valence-corrected chi connectivity index (χ0v) is 20.5. The van der Waals surface area contributed by atoms with Crippen molar-refractivity contribution in [2.24, 2.45) is 5.92 Å². The molecule has 2 aliphatic heterocycles. The van der Waals surface area contributed by atoms with E-state index in [-0.39, 0.29) is 16.3 Å². The molecule has 0 aromatic heterocycles. The van der Waals surface area contributed by atoms with E-state index in [9.17, 15) is 9.59 Å². The molecule has 3 aromatic carbocycles. The summed E-state index contributed by atoms with van der Waals surface area (Å²) < 4.78 is 0. The lowest BCUT2D eigenvalue weighted by molar-refractivity contribution is -0.126. The van der Waals surface area contributed by atoms with E-state index in [4.69, 9.17) is 28.0 Å². The first-order valence-corrected chi connectivity index (χ1v) is 11.9. The highest BCUT2D eigenvalue weighted by Crippen LogP contribution is 2.48. The van der Waals surface area contributed by atoms with Crippen LogP contribution in [0.1, 0.15) is 37.9 Å². The van der Waals surface area contributed by atoms with Crippen molar-refractivity contribution in [1.29, 1.82) is 0 Å². The zero-order chi connectivity index (χ0) is 24.2. The SMILES string of the molecule is CC(C)(C)c1ccc([C@@H]2[C@@H]3C(=O)N(c4ccc(Cl)c(Cl)c4)C(=O)[C@@H]3ON2c2ccccc2)cc1. The van der Waals surface area contributed by atoms with Gasteiger partial charge in [-0.2, -0.15) is 0 Å². The number of carbonyl (C=O) groups excluding carboxylic acids is 2. The molecule has 7 heteroatoms. The van der Waals surface area contributed by atoms with Crippen LogP contribution in [0, 0.1) is 5.92 Å². The van der Waals surface area contributed by atoms with Crippen LogP contribution in [0.2, 0.25) is 10.0 Å². The molecule has 0 aliphatic carbocycles. The third-order valence-electron chi connectivity index (χ3n) is 6.41. The van der Waals surface area contributed by atoms with Gasteiger partial charge in [-0.3, -0.25) is 14.4 Å². The summed E-state index contributed by atoms with van der Waals surface area (Å²) in [5.74, 6) is -1.44. The quantitative estimate of drug-likeness (QED) is 0.398. The second-order valence-corrected chi connectivity index (χ2v) is 10.5. The lowest BCUT2D eigenvalue weighted by Crippen LogP contribution is -2.37. The Hall–Kier alpha value is -2.86. The van der Waals surface area contributed by atoms with E-state index < -0.39 is 24.0 Å². The molecule has 2 fully saturated rings. The van der Waals surface area contributed by atoms with Crippen LogP contribution in [0.4, 0.5) is 11.4 Å². The van der Waals surface area contributed by atoms with Crippen molar-refractivity contribution in [3.8, 4) is 0 Å². The molecule has 0 unspecified atom stereocenters. The molecule has 0 saturated carbocycles. The molecule has 5 rings (SSSR count). The maximum atomic E-state index is 13.7. The minimum atomic E-state index is -0.936. The van der Waals surface area contributed by atoms with E-state index in [0.717, 1.165) is 16.2 Å². The van der Waals surface area contributed by atoms with Gasteiger partial charge in [0.1, 0.15) is 5.92 Å². The summed E-state index contributed by atoms with van der Waals surface area (Å²) in [5.41, 5.74) is 3.25. The molecule has 0 bridgehead atoms. The van der Waals surface area contributed by atoms with Gasteiger partial charge in [0.25, 0.3) is 5.91 Å². The van der Waals surface area contributed by atoms with Crippen LogP contribution in [-0.4, -0.2) is 17.9 Å². The number of amides is 2. The standard InChI is InChI=1S/C27H24Cl2N2O3/c1-27(2,3)17-11-9-16(10-12-17)23-22-24(34-31(23)18-7-5-4-6-8-18)26(33)30(25(22)32)19-13-14-20(28)21(29)15-19/h4-15,22-24H,1-3H3/t22-,23+,24+/m0/s1. The second-order valence-electron chi connectivity index (χ2n) is 9.64. The van der Waals surface area contributed by atoms with Crippen LogP contribution >= 0.6 is 23.2 Å². The molecule has 5 nitrogen and oxygen atoms in total. The summed E-state index contributed by atoms with van der Waals surface area (Å²) in [6.45, 7) is 6.46. The van der Waals surface area contributed by atoms with Crippen molar-refractivity contribution < 1.29 is 14.4 Å². The van der Waals surface area contributed by atoms with E-state index >= 15 is 0 Å². The van der Waals surface area contributed by atoms with Gasteiger partial charge in [0.05, 0.1) is 27.5 Å². The molecule has 3 atom stereocenters. The van der Waals surface area contributed by atoms with Gasteiger partial charge in [0.15, 0.2) is 6.10 Å². The Morgan fingerprint density at radius 2 is 1.47 bits per heavy atom. The lowest BCUT2D eigenvalue weighted by Gasteiger charge is -2.29. The Kier molecular flexibility index (Phi) is 5.67. The van der Waals surface area contributed by atoms with E-state index in [1.807, 2.05) is 42.5 Å². The van der Waals surface area contributed by atoms with Crippen LogP contribution in [-0.2, 0) is 19.8 Å². The molecule has 2 amide bonds. The van der Waals surface area contributed by atoms with Crippen LogP contribution in [0.5, 0.6) is 0 Å². The lowest BCUT2D eigenvalue weighted by atomic mass is 9.84. The van der Waals surface area contributed by atoms with Gasteiger partial charge < -0.3 is 0 Å². The summed E-state index contributed by atoms with van der Waals surface area (Å²) in [6.07, 6.45) is -0.936. The minimum absolute atomic E-state index is 0.00382. The molecule has 2 heterocycles. The van der Waals surface area contributed by atoms with Crippen LogP contribution in [0.25, 0.3) is 0 Å². The molecular formula is C27H24Cl2N2O3. The van der Waals surface area contributed by atoms with Crippen molar-refractivity contribution in [2.75, 3.05) is 9.96 Å². The van der Waals surface area contributed by atoms with E-state index in [0.29, 0.717) is 10.7 Å². The van der Waals surface area contributed by atoms with Gasteiger partial charge in [-0.1, -0.05) is 86.4 Å². The second kappa shape index (κ2) is 8.42. The van der Waals surface area contributed by atoms with Gasteiger partial charge in [0.2, 0.25) is 5.91 Å². The summed E-state index contributed by atoms with van der Waals surface area (Å²) >= 11 is 12.2. The van der Waals surface area contributed by atoms with Gasteiger partial charge in [-0.25, -0.2) is 9.96 Å². The number of imide groups is 1. The average molecular weight is 495 g/mol. The Balaban J connectivity index is 1.57. The highest BCUT2D eigenvalue weighted by Gasteiger charge is 2.60. The third-order valence-corrected chi connectivity index (χ3v) is 7.14. The van der Waals surface area contributed by atoms with E-state index in [1.165, 1.54) is 11.6 Å². The first kappa shape index (κ1) is 22.9. The number of anilines is 2. The molecule has 0 radical (unpaired) electrons. The fraction of sp³-hybridized carbons (Fsp3) is 0.259. The molecule has 0 N–H and O–H groups in total. The normalized spacial score (nSPS) is 22.4. The molecular weight excluding hydrogens is 471 g/mol. The van der Waals surface area contributed by atoms with Crippen molar-refractivity contribution in [2.45, 2.75) is 38.3 Å². The maximum Gasteiger partial charge on any atom is 0.266 e. The Morgan fingerprint density at radius 1 is 0.794 bits per heavy atom. The Labute approximate surface area is 208 Å². The summed E-state index contributed by atoms with van der Waals surface area (Å²) in [7, 11) is 0. The van der Waals surface area contributed by atoms with Crippen molar-refractivity contribution >= 4 is 46.4 Å². The van der Waals surface area contributed by atoms with Crippen molar-refractivity contribution in [3.63, 3.8) is 0 Å². The first-order chi connectivity index (χ1) is 16.2. The molecule has 3 aromatic rings. The summed E-state index contributed by atoms with van der Waals surface area (Å²) in [6, 6.07) is 22.0. The van der Waals surface area contributed by atoms with E-state index in [1.54, 1.807) is 17.2 Å². The number of carbonyl (C=O) groups is 2. The average Bonchev–Trinajstić information content (AvgIpc) is 3.32. The number of halogens is 2. The van der Waals surface area contributed by atoms with Crippen molar-refractivity contribution in [3.05, 3.63) is 94.0 Å². The number of hydroxylamine groups is 1. The summed E-state index contributed by atoms with van der Waals surface area (Å²) in [5, 5.41) is 2.33. The smallest absolute Gasteiger partial charge is 0.266 e. The van der Waals surface area contributed by atoms with Crippen molar-refractivity contribution in [1.82, 2.24) is 0 Å². The number of nitrogens with zero attached hydrogens (tertiary/aromatic N) is 2. The topological polar surface area (TPSA) is 49.9 Å².